The van der Waals surface area contributed by atoms with E-state index in [0.29, 0.717) is 18.9 Å². The average Bonchev–Trinajstić information content (AvgIpc) is 2.46. The fourth-order valence-corrected chi connectivity index (χ4v) is 3.36. The lowest BCUT2D eigenvalue weighted by Crippen LogP contribution is -2.45. The van der Waals surface area contributed by atoms with Gasteiger partial charge in [0.15, 0.2) is 5.11 Å². The predicted octanol–water partition coefficient (Wildman–Crippen LogP) is 5.11. The van der Waals surface area contributed by atoms with Crippen molar-refractivity contribution in [2.75, 3.05) is 4.90 Å². The van der Waals surface area contributed by atoms with Crippen LogP contribution in [-0.4, -0.2) is 11.2 Å². The van der Waals surface area contributed by atoms with Gasteiger partial charge in [-0.1, -0.05) is 25.3 Å². The molecule has 1 aromatic carbocycles. The SMILES string of the molecule is NC(=S)N(c1cccc(C(F)(F)F)c1C(F)(F)F)C1CCCCC1. The van der Waals surface area contributed by atoms with Gasteiger partial charge in [-0.3, -0.25) is 0 Å². The highest BCUT2D eigenvalue weighted by atomic mass is 32.1. The van der Waals surface area contributed by atoms with Gasteiger partial charge in [-0.15, -0.1) is 0 Å². The number of benzene rings is 1. The number of nitrogens with two attached hydrogens (primary N) is 1. The summed E-state index contributed by atoms with van der Waals surface area (Å²) in [6.07, 6.45) is -6.78. The highest BCUT2D eigenvalue weighted by Crippen LogP contribution is 2.46. The van der Waals surface area contributed by atoms with Crippen molar-refractivity contribution >= 4 is 23.0 Å². The molecule has 2 rings (SSSR count). The van der Waals surface area contributed by atoms with E-state index in [1.165, 1.54) is 0 Å². The molecule has 1 aromatic rings. The van der Waals surface area contributed by atoms with Crippen LogP contribution >= 0.6 is 12.2 Å². The summed E-state index contributed by atoms with van der Waals surface area (Å²) in [5, 5.41) is -0.355. The monoisotopic (exact) mass is 370 g/mol. The van der Waals surface area contributed by atoms with E-state index in [1.54, 1.807) is 0 Å². The van der Waals surface area contributed by atoms with Gasteiger partial charge in [-0.05, 0) is 37.2 Å². The second-order valence-electron chi connectivity index (χ2n) is 5.70. The first kappa shape index (κ1) is 18.8. The van der Waals surface area contributed by atoms with Crippen molar-refractivity contribution < 1.29 is 26.3 Å². The summed E-state index contributed by atoms with van der Waals surface area (Å²) in [4.78, 5) is 1.03. The molecule has 2 nitrogen and oxygen atoms in total. The van der Waals surface area contributed by atoms with Crippen LogP contribution in [0.5, 0.6) is 0 Å². The first-order valence-electron chi connectivity index (χ1n) is 7.39. The van der Waals surface area contributed by atoms with Gasteiger partial charge in [0, 0.05) is 6.04 Å². The third-order valence-electron chi connectivity index (χ3n) is 4.07. The zero-order chi connectivity index (χ0) is 18.1. The topological polar surface area (TPSA) is 29.3 Å². The molecule has 134 valence electrons. The van der Waals surface area contributed by atoms with Gasteiger partial charge < -0.3 is 10.6 Å². The van der Waals surface area contributed by atoms with E-state index in [-0.39, 0.29) is 5.11 Å². The molecule has 24 heavy (non-hydrogen) atoms. The summed E-state index contributed by atoms with van der Waals surface area (Å²) in [6.45, 7) is 0. The Morgan fingerprint density at radius 2 is 1.58 bits per heavy atom. The van der Waals surface area contributed by atoms with E-state index in [1.807, 2.05) is 0 Å². The Morgan fingerprint density at radius 1 is 1.00 bits per heavy atom. The van der Waals surface area contributed by atoms with Crippen LogP contribution in [0.3, 0.4) is 0 Å². The molecule has 2 N–H and O–H groups in total. The second kappa shape index (κ2) is 6.78. The molecule has 0 heterocycles. The van der Waals surface area contributed by atoms with Crippen LogP contribution < -0.4 is 10.6 Å². The maximum atomic E-state index is 13.4. The molecule has 0 saturated heterocycles. The van der Waals surface area contributed by atoms with Gasteiger partial charge in [0.2, 0.25) is 0 Å². The summed E-state index contributed by atoms with van der Waals surface area (Å²) in [7, 11) is 0. The molecule has 0 aliphatic heterocycles. The van der Waals surface area contributed by atoms with Gasteiger partial charge in [-0.25, -0.2) is 0 Å². The number of nitrogens with zero attached hydrogens (tertiary/aromatic N) is 1. The molecule has 0 spiro atoms. The minimum absolute atomic E-state index is 0.355. The molecule has 1 aliphatic carbocycles. The Morgan fingerprint density at radius 3 is 2.04 bits per heavy atom. The molecule has 1 aliphatic rings. The second-order valence-corrected chi connectivity index (χ2v) is 6.11. The Bertz CT molecular complexity index is 605. The van der Waals surface area contributed by atoms with Gasteiger partial charge in [0.25, 0.3) is 0 Å². The summed E-state index contributed by atoms with van der Waals surface area (Å²) < 4.78 is 79.5. The van der Waals surface area contributed by atoms with E-state index in [0.717, 1.165) is 36.3 Å². The maximum absolute atomic E-state index is 13.4. The fourth-order valence-electron chi connectivity index (χ4n) is 3.11. The van der Waals surface area contributed by atoms with Crippen molar-refractivity contribution in [3.8, 4) is 0 Å². The zero-order valence-electron chi connectivity index (χ0n) is 12.5. The van der Waals surface area contributed by atoms with Gasteiger partial charge >= 0.3 is 12.4 Å². The smallest absolute Gasteiger partial charge is 0.376 e. The molecule has 0 atom stereocenters. The molecule has 9 heteroatoms. The van der Waals surface area contributed by atoms with Gasteiger partial charge in [0.1, 0.15) is 0 Å². The van der Waals surface area contributed by atoms with E-state index >= 15 is 0 Å². The van der Waals surface area contributed by atoms with Crippen molar-refractivity contribution in [3.05, 3.63) is 29.3 Å². The van der Waals surface area contributed by atoms with Crippen molar-refractivity contribution in [3.63, 3.8) is 0 Å². The normalized spacial score (nSPS) is 16.9. The standard InChI is InChI=1S/C15H16F6N2S/c16-14(17,18)10-7-4-8-11(12(10)15(19,20)21)23(13(22)24)9-5-2-1-3-6-9/h4,7-9H,1-3,5-6H2,(H2,22,24). The largest absolute Gasteiger partial charge is 0.419 e. The maximum Gasteiger partial charge on any atom is 0.419 e. The van der Waals surface area contributed by atoms with Crippen LogP contribution in [0.15, 0.2) is 18.2 Å². The van der Waals surface area contributed by atoms with E-state index in [2.05, 4.69) is 0 Å². The number of hydrogen-bond donors (Lipinski definition) is 1. The first-order chi connectivity index (χ1) is 11.0. The van der Waals surface area contributed by atoms with Crippen LogP contribution in [0.25, 0.3) is 0 Å². The Hall–Kier alpha value is -1.51. The van der Waals surface area contributed by atoms with Crippen molar-refractivity contribution in [2.24, 2.45) is 5.73 Å². The lowest BCUT2D eigenvalue weighted by atomic mass is 9.93. The highest BCUT2D eigenvalue weighted by molar-refractivity contribution is 7.80. The third kappa shape index (κ3) is 3.93. The number of halogens is 6. The van der Waals surface area contributed by atoms with E-state index < -0.39 is 35.2 Å². The number of rotatable bonds is 2. The number of anilines is 1. The molecular formula is C15H16F6N2S. The van der Waals surface area contributed by atoms with Crippen LogP contribution in [0.4, 0.5) is 32.0 Å². The van der Waals surface area contributed by atoms with Crippen LogP contribution in [0.2, 0.25) is 0 Å². The Balaban J connectivity index is 2.64. The lowest BCUT2D eigenvalue weighted by molar-refractivity contribution is -0.161. The minimum Gasteiger partial charge on any atom is -0.376 e. The van der Waals surface area contributed by atoms with Crippen LogP contribution in [0, 0.1) is 0 Å². The van der Waals surface area contributed by atoms with Crippen molar-refractivity contribution in [1.29, 1.82) is 0 Å². The lowest BCUT2D eigenvalue weighted by Gasteiger charge is -2.36. The number of thiocarbonyl (C=S) groups is 1. The Kier molecular flexibility index (Phi) is 5.31. The zero-order valence-corrected chi connectivity index (χ0v) is 13.4. The minimum atomic E-state index is -5.18. The van der Waals surface area contributed by atoms with Gasteiger partial charge in [-0.2, -0.15) is 26.3 Å². The summed E-state index contributed by atoms with van der Waals surface area (Å²) in [5.74, 6) is 0. The quantitative estimate of drug-likeness (QED) is 0.580. The van der Waals surface area contributed by atoms with E-state index in [9.17, 15) is 26.3 Å². The molecule has 1 saturated carbocycles. The molecule has 0 aromatic heterocycles. The van der Waals surface area contributed by atoms with Crippen LogP contribution in [0.1, 0.15) is 43.2 Å². The number of alkyl halides is 6. The van der Waals surface area contributed by atoms with Crippen molar-refractivity contribution in [2.45, 2.75) is 50.5 Å². The molecular weight excluding hydrogens is 354 g/mol. The molecule has 0 amide bonds. The summed E-state index contributed by atoms with van der Waals surface area (Å²) in [5.41, 5.74) is 1.48. The highest BCUT2D eigenvalue weighted by Gasteiger charge is 2.46. The third-order valence-corrected chi connectivity index (χ3v) is 4.26. The summed E-state index contributed by atoms with van der Waals surface area (Å²) in [6, 6.07) is 1.93. The number of hydrogen-bond acceptors (Lipinski definition) is 1. The molecule has 1 fully saturated rings. The van der Waals surface area contributed by atoms with Gasteiger partial charge in [0.05, 0.1) is 16.8 Å². The molecule has 0 unspecified atom stereocenters. The van der Waals surface area contributed by atoms with Crippen molar-refractivity contribution in [1.82, 2.24) is 0 Å². The first-order valence-corrected chi connectivity index (χ1v) is 7.80. The molecule has 0 bridgehead atoms. The van der Waals surface area contributed by atoms with Crippen LogP contribution in [-0.2, 0) is 12.4 Å². The van der Waals surface area contributed by atoms with E-state index in [4.69, 9.17) is 18.0 Å². The predicted molar refractivity (Wildman–Crippen MR) is 82.6 cm³/mol. The molecule has 0 radical (unpaired) electrons. The Labute approximate surface area is 140 Å². The summed E-state index contributed by atoms with van der Waals surface area (Å²) >= 11 is 4.85. The average molecular weight is 370 g/mol. The fraction of sp³-hybridized carbons (Fsp3) is 0.533.